The number of ether oxygens (including phenoxy) is 10. The number of hydrogen-bond donors (Lipinski definition) is 0. The molecule has 0 spiro atoms. The third kappa shape index (κ3) is 42.6. The first-order valence-corrected chi connectivity index (χ1v) is 26.7. The summed E-state index contributed by atoms with van der Waals surface area (Å²) in [6.07, 6.45) is -13.2. The van der Waals surface area contributed by atoms with Crippen molar-refractivity contribution in [3.05, 3.63) is 0 Å². The minimum atomic E-state index is -5.19. The highest BCUT2D eigenvalue weighted by Crippen LogP contribution is 2.33. The topological polar surface area (TPSA) is 263 Å². The Kier molecular flexibility index (Phi) is 41.5. The van der Waals surface area contributed by atoms with Crippen molar-refractivity contribution in [2.75, 3.05) is 66.1 Å². The summed E-state index contributed by atoms with van der Waals surface area (Å²) in [6, 6.07) is 0. The van der Waals surface area contributed by atoms with Crippen molar-refractivity contribution in [1.29, 1.82) is 0 Å². The Morgan fingerprint density at radius 3 is 0.636 bits per heavy atom. The van der Waals surface area contributed by atoms with E-state index in [4.69, 9.17) is 14.2 Å². The number of carbonyl (C=O) groups is 10. The summed E-state index contributed by atoms with van der Waals surface area (Å²) in [6.45, 7) is 22.7. The zero-order valence-electron chi connectivity index (χ0n) is 52.3. The number of halogens is 14. The molecule has 0 radical (unpaired) electrons. The quantitative estimate of drug-likeness (QED) is 0.0280. The largest absolute Gasteiger partial charge is 0.490 e. The molecule has 518 valence electrons. The van der Waals surface area contributed by atoms with Gasteiger partial charge in [0.1, 0.15) is 72.5 Å². The van der Waals surface area contributed by atoms with E-state index in [9.17, 15) is 109 Å². The lowest BCUT2D eigenvalue weighted by Gasteiger charge is -2.20. The van der Waals surface area contributed by atoms with Crippen molar-refractivity contribution in [3.63, 3.8) is 0 Å². The SMILES string of the molecule is CCC(C)(C)C(=O)OCCOC(=O)C(C)(F)F.CCC(C)(C)C(=O)OCCOC(=O)C(C)(F)F.CCC(C)(C)C(=O)OCCOC(=O)C(F)(F)CC(F)(F)F.CCC(C)(C)C(=O)OCCOC(=O)C(F)(F)F.CCC(C)(C)C(=O)OCCOC(=O)C(F)F. The molecule has 0 heterocycles. The van der Waals surface area contributed by atoms with E-state index >= 15 is 0 Å². The Morgan fingerprint density at radius 2 is 0.466 bits per heavy atom. The van der Waals surface area contributed by atoms with Crippen molar-refractivity contribution < 1.29 is 157 Å². The van der Waals surface area contributed by atoms with Crippen LogP contribution in [0.2, 0.25) is 0 Å². The van der Waals surface area contributed by atoms with Crippen LogP contribution in [-0.2, 0) is 95.3 Å². The Labute approximate surface area is 501 Å². The molecule has 0 aliphatic carbocycles. The van der Waals surface area contributed by atoms with E-state index in [2.05, 4.69) is 33.2 Å². The standard InChI is InChI=1S/C12H17F5O4.2C11H18F2O4.C10H15F3O4.C10H16F2O4/c1-4-10(2,3)8(18)20-5-6-21-9(19)11(13,14)7-12(15,16)17;2*1-5-10(2,3)8(14)16-6-7-17-9(15)11(4,12)13;1-4-9(2,3)7(14)16-5-6-17-8(15)10(11,12)13;1-4-10(2,3)9(14)16-6-5-15-8(13)7(11)12/h4-7H2,1-3H3;2*5-7H2,1-4H3;4-6H2,1-3H3;7H,4-6H2,1-3H3. The van der Waals surface area contributed by atoms with Crippen molar-refractivity contribution in [2.24, 2.45) is 27.1 Å². The minimum absolute atomic E-state index is 0.208. The Balaban J connectivity index is -0.000000327. The van der Waals surface area contributed by atoms with Crippen LogP contribution in [-0.4, -0.2) is 162 Å². The molecule has 0 aromatic rings. The summed E-state index contributed by atoms with van der Waals surface area (Å²) in [7, 11) is 0. The highest BCUT2D eigenvalue weighted by atomic mass is 19.4. The van der Waals surface area contributed by atoms with Crippen LogP contribution in [0.1, 0.15) is 156 Å². The highest BCUT2D eigenvalue weighted by molar-refractivity contribution is 5.80. The number of hydrogen-bond acceptors (Lipinski definition) is 20. The average molecular weight is 1320 g/mol. The van der Waals surface area contributed by atoms with Crippen LogP contribution in [0, 0.1) is 27.1 Å². The zero-order valence-corrected chi connectivity index (χ0v) is 52.3. The predicted molar refractivity (Wildman–Crippen MR) is 279 cm³/mol. The molecule has 0 atom stereocenters. The molecule has 0 unspecified atom stereocenters. The van der Waals surface area contributed by atoms with E-state index in [1.807, 2.05) is 20.8 Å². The summed E-state index contributed by atoms with van der Waals surface area (Å²) in [5.41, 5.74) is -3.36. The fourth-order valence-electron chi connectivity index (χ4n) is 3.88. The van der Waals surface area contributed by atoms with Crippen molar-refractivity contribution in [1.82, 2.24) is 0 Å². The Morgan fingerprint density at radius 1 is 0.284 bits per heavy atom. The fourth-order valence-corrected chi connectivity index (χ4v) is 3.88. The van der Waals surface area contributed by atoms with Gasteiger partial charge in [-0.3, -0.25) is 24.0 Å². The second-order valence-corrected chi connectivity index (χ2v) is 21.6. The summed E-state index contributed by atoms with van der Waals surface area (Å²) >= 11 is 0. The highest BCUT2D eigenvalue weighted by Gasteiger charge is 2.51. The number of rotatable bonds is 30. The molecule has 0 aromatic carbocycles. The van der Waals surface area contributed by atoms with Crippen LogP contribution >= 0.6 is 0 Å². The second-order valence-electron chi connectivity index (χ2n) is 21.6. The van der Waals surface area contributed by atoms with Crippen LogP contribution in [0.15, 0.2) is 0 Å². The van der Waals surface area contributed by atoms with Crippen molar-refractivity contribution in [3.8, 4) is 0 Å². The third-order valence-corrected chi connectivity index (χ3v) is 11.8. The molecule has 0 aliphatic rings. The molecular weight excluding hydrogens is 1230 g/mol. The van der Waals surface area contributed by atoms with Gasteiger partial charge in [0.2, 0.25) is 0 Å². The number of esters is 10. The minimum Gasteiger partial charge on any atom is -0.462 e. The molecule has 0 saturated carbocycles. The zero-order chi connectivity index (χ0) is 70.7. The molecule has 0 amide bonds. The van der Waals surface area contributed by atoms with Gasteiger partial charge < -0.3 is 47.4 Å². The van der Waals surface area contributed by atoms with Crippen molar-refractivity contribution >= 4 is 59.7 Å². The lowest BCUT2D eigenvalue weighted by atomic mass is 9.91. The first-order chi connectivity index (χ1) is 39.5. The van der Waals surface area contributed by atoms with Gasteiger partial charge in [-0.1, -0.05) is 34.6 Å². The second kappa shape index (κ2) is 40.4. The normalized spacial score (nSPS) is 12.2. The van der Waals surface area contributed by atoms with Gasteiger partial charge in [0.15, 0.2) is 0 Å². The summed E-state index contributed by atoms with van der Waals surface area (Å²) in [5, 5.41) is 0. The van der Waals surface area contributed by atoms with Gasteiger partial charge in [-0.05, 0) is 101 Å². The van der Waals surface area contributed by atoms with Gasteiger partial charge in [-0.15, -0.1) is 0 Å². The molecular formula is C54H84F14O20. The predicted octanol–water partition coefficient (Wildman–Crippen LogP) is 11.3. The van der Waals surface area contributed by atoms with Crippen LogP contribution in [0.4, 0.5) is 61.5 Å². The van der Waals surface area contributed by atoms with Crippen LogP contribution in [0.5, 0.6) is 0 Å². The van der Waals surface area contributed by atoms with Crippen LogP contribution in [0.25, 0.3) is 0 Å². The Hall–Kier alpha value is -6.28. The van der Waals surface area contributed by atoms with Crippen molar-refractivity contribution in [2.45, 2.75) is 193 Å². The summed E-state index contributed by atoms with van der Waals surface area (Å²) in [5.74, 6) is -23.6. The maximum atomic E-state index is 12.8. The fraction of sp³-hybridized carbons (Fsp3) is 0.815. The van der Waals surface area contributed by atoms with Gasteiger partial charge in [-0.2, -0.15) is 61.5 Å². The van der Waals surface area contributed by atoms with E-state index in [1.54, 1.807) is 83.1 Å². The lowest BCUT2D eigenvalue weighted by Crippen LogP contribution is -2.36. The van der Waals surface area contributed by atoms with E-state index in [-0.39, 0.29) is 46.2 Å². The van der Waals surface area contributed by atoms with Gasteiger partial charge >= 0.3 is 96.2 Å². The monoisotopic (exact) mass is 1320 g/mol. The van der Waals surface area contributed by atoms with E-state index < -0.39 is 150 Å². The van der Waals surface area contributed by atoms with Crippen LogP contribution < -0.4 is 0 Å². The summed E-state index contributed by atoms with van der Waals surface area (Å²) in [4.78, 5) is 110. The molecule has 34 heteroatoms. The molecule has 20 nitrogen and oxygen atoms in total. The van der Waals surface area contributed by atoms with E-state index in [0.29, 0.717) is 46.0 Å². The molecule has 0 bridgehead atoms. The molecule has 0 saturated heterocycles. The maximum Gasteiger partial charge on any atom is 0.490 e. The maximum absolute atomic E-state index is 12.8. The molecule has 0 rings (SSSR count). The third-order valence-electron chi connectivity index (χ3n) is 11.8. The summed E-state index contributed by atoms with van der Waals surface area (Å²) < 4.78 is 213. The van der Waals surface area contributed by atoms with E-state index in [1.165, 1.54) is 0 Å². The first kappa shape index (κ1) is 90.5. The molecule has 88 heavy (non-hydrogen) atoms. The smallest absolute Gasteiger partial charge is 0.462 e. The van der Waals surface area contributed by atoms with Crippen LogP contribution in [0.3, 0.4) is 0 Å². The number of carbonyl (C=O) groups excluding carboxylic acids is 10. The molecule has 0 N–H and O–H groups in total. The number of alkyl halides is 14. The first-order valence-electron chi connectivity index (χ1n) is 26.7. The molecule has 0 aliphatic heterocycles. The van der Waals surface area contributed by atoms with Gasteiger partial charge in [-0.25, -0.2) is 24.0 Å². The molecule has 0 aromatic heterocycles. The van der Waals surface area contributed by atoms with Gasteiger partial charge in [0, 0.05) is 13.8 Å². The Bertz CT molecular complexity index is 2030. The van der Waals surface area contributed by atoms with Gasteiger partial charge in [0.05, 0.1) is 27.1 Å². The average Bonchev–Trinajstić information content (AvgIpc) is 3.58. The molecule has 0 fully saturated rings. The van der Waals surface area contributed by atoms with Gasteiger partial charge in [0.25, 0.3) is 0 Å². The lowest BCUT2D eigenvalue weighted by molar-refractivity contribution is -0.209. The van der Waals surface area contributed by atoms with E-state index in [0.717, 1.165) is 0 Å².